The lowest BCUT2D eigenvalue weighted by Gasteiger charge is -2.03. The van der Waals surface area contributed by atoms with Gasteiger partial charge in [0.2, 0.25) is 5.88 Å². The van der Waals surface area contributed by atoms with E-state index in [1.807, 2.05) is 4.98 Å². The number of aromatic amines is 2. The Labute approximate surface area is 107 Å². The third-order valence-electron chi connectivity index (χ3n) is 2.45. The van der Waals surface area contributed by atoms with Crippen LogP contribution in [0.2, 0.25) is 0 Å². The van der Waals surface area contributed by atoms with Gasteiger partial charge in [0.25, 0.3) is 5.56 Å². The van der Waals surface area contributed by atoms with Crippen LogP contribution >= 0.6 is 0 Å². The van der Waals surface area contributed by atoms with Gasteiger partial charge in [-0.25, -0.2) is 4.79 Å². The minimum atomic E-state index is -0.775. The lowest BCUT2D eigenvalue weighted by Crippen LogP contribution is -2.27. The summed E-state index contributed by atoms with van der Waals surface area (Å²) in [7, 11) is 0. The van der Waals surface area contributed by atoms with E-state index in [1.165, 1.54) is 0 Å². The molecule has 0 fully saturated rings. The zero-order valence-electron chi connectivity index (χ0n) is 10.1. The van der Waals surface area contributed by atoms with Crippen molar-refractivity contribution in [2.75, 3.05) is 5.73 Å². The summed E-state index contributed by atoms with van der Waals surface area (Å²) in [6.45, 7) is 1.55. The third kappa shape index (κ3) is 2.71. The first-order valence-electron chi connectivity index (χ1n) is 5.44. The van der Waals surface area contributed by atoms with Crippen molar-refractivity contribution in [2.45, 2.75) is 6.92 Å². The number of hydrogen-bond acceptors (Lipinski definition) is 5. The molecule has 1 aromatic heterocycles. The molecule has 2 rings (SSSR count). The third-order valence-corrected chi connectivity index (χ3v) is 2.45. The highest BCUT2D eigenvalue weighted by molar-refractivity contribution is 6.01. The van der Waals surface area contributed by atoms with Crippen molar-refractivity contribution in [3.63, 3.8) is 0 Å². The second-order valence-electron chi connectivity index (χ2n) is 3.92. The standard InChI is InChI=1S/C12H12N4O3/c1-6(14-8-4-2-3-7(13)5-8)9-10(17)15-12(19)16-11(9)18/h2-5H,13H2,1H3,(H3,15,16,17,18,19). The van der Waals surface area contributed by atoms with Crippen LogP contribution in [-0.2, 0) is 0 Å². The minimum absolute atomic E-state index is 0.0815. The summed E-state index contributed by atoms with van der Waals surface area (Å²) in [5.74, 6) is -0.515. The number of nitrogen functional groups attached to an aromatic ring is 1. The minimum Gasteiger partial charge on any atom is -0.494 e. The van der Waals surface area contributed by atoms with E-state index in [1.54, 1.807) is 31.2 Å². The molecule has 0 aliphatic rings. The summed E-state index contributed by atoms with van der Waals surface area (Å²) in [5.41, 5.74) is 5.40. The molecule has 2 aromatic rings. The zero-order valence-corrected chi connectivity index (χ0v) is 10.1. The Balaban J connectivity index is 2.54. The van der Waals surface area contributed by atoms with Crippen LogP contribution in [0.4, 0.5) is 11.4 Å². The molecule has 0 saturated heterocycles. The molecule has 7 heteroatoms. The smallest absolute Gasteiger partial charge is 0.328 e. The van der Waals surface area contributed by atoms with Crippen LogP contribution in [0.15, 0.2) is 38.8 Å². The first-order chi connectivity index (χ1) is 8.97. The largest absolute Gasteiger partial charge is 0.494 e. The summed E-state index contributed by atoms with van der Waals surface area (Å²) < 4.78 is 0. The van der Waals surface area contributed by atoms with Crippen LogP contribution in [0.25, 0.3) is 0 Å². The Bertz CT molecular complexity index is 758. The first-order valence-corrected chi connectivity index (χ1v) is 5.44. The van der Waals surface area contributed by atoms with Crippen LogP contribution in [0.5, 0.6) is 5.88 Å². The van der Waals surface area contributed by atoms with E-state index in [9.17, 15) is 14.7 Å². The number of aromatic hydroxyl groups is 1. The summed E-state index contributed by atoms with van der Waals surface area (Å²) in [4.78, 5) is 30.9. The molecule has 1 aromatic carbocycles. The average Bonchev–Trinajstić information content (AvgIpc) is 2.27. The molecule has 7 nitrogen and oxygen atoms in total. The summed E-state index contributed by atoms with van der Waals surface area (Å²) >= 11 is 0. The molecule has 98 valence electrons. The number of nitrogens with two attached hydrogens (primary N) is 1. The number of benzene rings is 1. The predicted octanol–water partition coefficient (Wildman–Crippen LogP) is 0.492. The van der Waals surface area contributed by atoms with Gasteiger partial charge < -0.3 is 10.8 Å². The Hall–Kier alpha value is -2.83. The van der Waals surface area contributed by atoms with E-state index in [2.05, 4.69) is 9.98 Å². The van der Waals surface area contributed by atoms with Gasteiger partial charge >= 0.3 is 5.69 Å². The molecule has 0 aliphatic carbocycles. The molecule has 0 radical (unpaired) electrons. The second-order valence-corrected chi connectivity index (χ2v) is 3.92. The van der Waals surface area contributed by atoms with E-state index in [0.29, 0.717) is 11.4 Å². The topological polar surface area (TPSA) is 124 Å². The molecule has 0 aliphatic heterocycles. The van der Waals surface area contributed by atoms with Crippen LogP contribution in [-0.4, -0.2) is 20.8 Å². The molecule has 5 N–H and O–H groups in total. The Kier molecular flexibility index (Phi) is 3.19. The van der Waals surface area contributed by atoms with Gasteiger partial charge in [-0.15, -0.1) is 0 Å². The lowest BCUT2D eigenvalue weighted by molar-refractivity contribution is 0.447. The monoisotopic (exact) mass is 260 g/mol. The second kappa shape index (κ2) is 4.81. The number of hydrogen-bond donors (Lipinski definition) is 4. The molecule has 0 atom stereocenters. The molecule has 1 heterocycles. The van der Waals surface area contributed by atoms with Gasteiger partial charge in [-0.05, 0) is 25.1 Å². The first kappa shape index (κ1) is 12.6. The maximum atomic E-state index is 11.6. The van der Waals surface area contributed by atoms with Crippen LogP contribution in [0, 0.1) is 0 Å². The van der Waals surface area contributed by atoms with Gasteiger partial charge in [0.05, 0.1) is 11.4 Å². The van der Waals surface area contributed by atoms with Crippen molar-refractivity contribution in [2.24, 2.45) is 4.99 Å². The van der Waals surface area contributed by atoms with Crippen molar-refractivity contribution < 1.29 is 5.11 Å². The average molecular weight is 260 g/mol. The molecule has 0 saturated carbocycles. The molecule has 0 bridgehead atoms. The summed E-state index contributed by atoms with van der Waals surface area (Å²) in [6.07, 6.45) is 0. The van der Waals surface area contributed by atoms with Gasteiger partial charge in [-0.2, -0.15) is 0 Å². The summed E-state index contributed by atoms with van der Waals surface area (Å²) in [5, 5.41) is 9.59. The fourth-order valence-corrected chi connectivity index (χ4v) is 1.65. The van der Waals surface area contributed by atoms with Gasteiger partial charge in [0.1, 0.15) is 5.56 Å². The number of rotatable bonds is 2. The van der Waals surface area contributed by atoms with Gasteiger partial charge in [-0.1, -0.05) is 6.07 Å². The SMILES string of the molecule is CC(=Nc1cccc(N)c1)c1c(O)[nH]c(=O)[nH]c1=O. The molecular weight excluding hydrogens is 248 g/mol. The van der Waals surface area contributed by atoms with E-state index in [4.69, 9.17) is 5.73 Å². The lowest BCUT2D eigenvalue weighted by atomic mass is 10.2. The van der Waals surface area contributed by atoms with E-state index >= 15 is 0 Å². The van der Waals surface area contributed by atoms with Gasteiger partial charge in [0.15, 0.2) is 0 Å². The van der Waals surface area contributed by atoms with Crippen molar-refractivity contribution >= 4 is 17.1 Å². The molecule has 0 amide bonds. The maximum absolute atomic E-state index is 11.6. The molecule has 19 heavy (non-hydrogen) atoms. The van der Waals surface area contributed by atoms with Crippen LogP contribution in [0.1, 0.15) is 12.5 Å². The normalized spacial score (nSPS) is 11.5. The quantitative estimate of drug-likeness (QED) is 0.463. The maximum Gasteiger partial charge on any atom is 0.328 e. The van der Waals surface area contributed by atoms with E-state index < -0.39 is 17.1 Å². The van der Waals surface area contributed by atoms with Crippen molar-refractivity contribution in [3.05, 3.63) is 50.7 Å². The number of anilines is 1. The Morgan fingerprint density at radius 1 is 1.32 bits per heavy atom. The number of nitrogens with zero attached hydrogens (tertiary/aromatic N) is 1. The molecular formula is C12H12N4O3. The number of aromatic nitrogens is 2. The number of H-pyrrole nitrogens is 2. The summed E-state index contributed by atoms with van der Waals surface area (Å²) in [6, 6.07) is 6.76. The van der Waals surface area contributed by atoms with Gasteiger partial charge in [-0.3, -0.25) is 19.8 Å². The molecule has 0 unspecified atom stereocenters. The highest BCUT2D eigenvalue weighted by Crippen LogP contribution is 2.17. The van der Waals surface area contributed by atoms with Crippen molar-refractivity contribution in [1.29, 1.82) is 0 Å². The highest BCUT2D eigenvalue weighted by atomic mass is 16.3. The van der Waals surface area contributed by atoms with E-state index in [-0.39, 0.29) is 11.3 Å². The number of nitrogens with one attached hydrogen (secondary N) is 2. The number of aliphatic imine (C=N–C) groups is 1. The van der Waals surface area contributed by atoms with Crippen LogP contribution < -0.4 is 17.0 Å². The Morgan fingerprint density at radius 3 is 2.68 bits per heavy atom. The fraction of sp³-hybridized carbons (Fsp3) is 0.0833. The van der Waals surface area contributed by atoms with Crippen molar-refractivity contribution in [1.82, 2.24) is 9.97 Å². The van der Waals surface area contributed by atoms with Gasteiger partial charge in [0, 0.05) is 5.69 Å². The van der Waals surface area contributed by atoms with Crippen molar-refractivity contribution in [3.8, 4) is 5.88 Å². The fourth-order valence-electron chi connectivity index (χ4n) is 1.65. The Morgan fingerprint density at radius 2 is 2.05 bits per heavy atom. The highest BCUT2D eigenvalue weighted by Gasteiger charge is 2.11. The zero-order chi connectivity index (χ0) is 14.0. The molecule has 0 spiro atoms. The van der Waals surface area contributed by atoms with E-state index in [0.717, 1.165) is 0 Å². The van der Waals surface area contributed by atoms with Crippen LogP contribution in [0.3, 0.4) is 0 Å². The predicted molar refractivity (Wildman–Crippen MR) is 72.1 cm³/mol.